The first-order chi connectivity index (χ1) is 7.18. The molecule has 1 saturated carbocycles. The molecule has 2 unspecified atom stereocenters. The molecule has 1 heterocycles. The monoisotopic (exact) mass is 206 g/mol. The molecule has 4 heteroatoms. The standard InChI is InChI=1S/C11H14N2O2/c1-2-15-10(14)11(12)7-8(11)9-5-3-4-6-13-9/h3-6,8H,2,7,12H2,1H3. The minimum Gasteiger partial charge on any atom is -0.465 e. The molecule has 1 aromatic rings. The molecule has 0 saturated heterocycles. The number of hydrogen-bond donors (Lipinski definition) is 1. The highest BCUT2D eigenvalue weighted by atomic mass is 16.5. The van der Waals surface area contributed by atoms with E-state index in [2.05, 4.69) is 4.98 Å². The Bertz CT molecular complexity index is 366. The maximum atomic E-state index is 11.5. The number of aromatic nitrogens is 1. The molecule has 80 valence electrons. The van der Waals surface area contributed by atoms with Crippen molar-refractivity contribution in [3.63, 3.8) is 0 Å². The molecule has 0 spiro atoms. The second kappa shape index (κ2) is 3.62. The normalized spacial score (nSPS) is 28.5. The van der Waals surface area contributed by atoms with Crippen LogP contribution in [-0.2, 0) is 9.53 Å². The predicted molar refractivity (Wildman–Crippen MR) is 55.1 cm³/mol. The van der Waals surface area contributed by atoms with Crippen molar-refractivity contribution in [1.82, 2.24) is 4.98 Å². The van der Waals surface area contributed by atoms with Gasteiger partial charge in [0.05, 0.1) is 6.61 Å². The average molecular weight is 206 g/mol. The Kier molecular flexibility index (Phi) is 2.44. The summed E-state index contributed by atoms with van der Waals surface area (Å²) in [5.74, 6) is -0.307. The van der Waals surface area contributed by atoms with Crippen LogP contribution in [0.1, 0.15) is 25.0 Å². The number of nitrogens with two attached hydrogens (primary N) is 1. The van der Waals surface area contributed by atoms with Gasteiger partial charge >= 0.3 is 5.97 Å². The Labute approximate surface area is 88.4 Å². The van der Waals surface area contributed by atoms with Gasteiger partial charge in [-0.25, -0.2) is 0 Å². The lowest BCUT2D eigenvalue weighted by Crippen LogP contribution is -2.36. The second-order valence-electron chi connectivity index (χ2n) is 3.77. The molecule has 1 fully saturated rings. The fourth-order valence-corrected chi connectivity index (χ4v) is 1.72. The van der Waals surface area contributed by atoms with Crippen molar-refractivity contribution < 1.29 is 9.53 Å². The Morgan fingerprint density at radius 2 is 2.53 bits per heavy atom. The summed E-state index contributed by atoms with van der Waals surface area (Å²) in [5, 5.41) is 0. The van der Waals surface area contributed by atoms with Gasteiger partial charge in [0.1, 0.15) is 5.54 Å². The van der Waals surface area contributed by atoms with Gasteiger partial charge in [0.2, 0.25) is 0 Å². The van der Waals surface area contributed by atoms with Crippen molar-refractivity contribution in [3.05, 3.63) is 30.1 Å². The van der Waals surface area contributed by atoms with Crippen molar-refractivity contribution >= 4 is 5.97 Å². The van der Waals surface area contributed by atoms with E-state index in [1.54, 1.807) is 13.1 Å². The molecule has 0 bridgehead atoms. The van der Waals surface area contributed by atoms with Crippen LogP contribution in [0.2, 0.25) is 0 Å². The van der Waals surface area contributed by atoms with Crippen molar-refractivity contribution in [2.75, 3.05) is 6.61 Å². The fraction of sp³-hybridized carbons (Fsp3) is 0.455. The number of nitrogens with zero attached hydrogens (tertiary/aromatic N) is 1. The number of hydrogen-bond acceptors (Lipinski definition) is 4. The maximum Gasteiger partial charge on any atom is 0.326 e. The van der Waals surface area contributed by atoms with Gasteiger partial charge in [-0.2, -0.15) is 0 Å². The smallest absolute Gasteiger partial charge is 0.326 e. The summed E-state index contributed by atoms with van der Waals surface area (Å²) in [6, 6.07) is 5.62. The Hall–Kier alpha value is -1.42. The summed E-state index contributed by atoms with van der Waals surface area (Å²) in [6.07, 6.45) is 2.34. The number of rotatable bonds is 3. The molecule has 15 heavy (non-hydrogen) atoms. The summed E-state index contributed by atoms with van der Waals surface area (Å²) in [4.78, 5) is 15.7. The largest absolute Gasteiger partial charge is 0.465 e. The third-order valence-corrected chi connectivity index (χ3v) is 2.70. The van der Waals surface area contributed by atoms with Crippen molar-refractivity contribution in [1.29, 1.82) is 0 Å². The minimum absolute atomic E-state index is 0.0118. The topological polar surface area (TPSA) is 65.2 Å². The van der Waals surface area contributed by atoms with Crippen LogP contribution in [0, 0.1) is 0 Å². The summed E-state index contributed by atoms with van der Waals surface area (Å²) >= 11 is 0. The number of pyridine rings is 1. The Morgan fingerprint density at radius 3 is 3.13 bits per heavy atom. The molecule has 2 N–H and O–H groups in total. The molecule has 0 radical (unpaired) electrons. The van der Waals surface area contributed by atoms with Gasteiger partial charge in [-0.3, -0.25) is 9.78 Å². The lowest BCUT2D eigenvalue weighted by atomic mass is 10.1. The van der Waals surface area contributed by atoms with Crippen LogP contribution >= 0.6 is 0 Å². The van der Waals surface area contributed by atoms with Crippen LogP contribution in [0.15, 0.2) is 24.4 Å². The zero-order valence-electron chi connectivity index (χ0n) is 8.64. The van der Waals surface area contributed by atoms with E-state index in [0.29, 0.717) is 13.0 Å². The van der Waals surface area contributed by atoms with Gasteiger partial charge in [0, 0.05) is 17.8 Å². The first kappa shape index (κ1) is 10.1. The number of esters is 1. The van der Waals surface area contributed by atoms with Gasteiger partial charge in [-0.1, -0.05) is 6.07 Å². The quantitative estimate of drug-likeness (QED) is 0.744. The summed E-state index contributed by atoms with van der Waals surface area (Å²) < 4.78 is 4.93. The van der Waals surface area contributed by atoms with Gasteiger partial charge in [-0.15, -0.1) is 0 Å². The van der Waals surface area contributed by atoms with E-state index in [4.69, 9.17) is 10.5 Å². The van der Waals surface area contributed by atoms with Crippen LogP contribution in [0.3, 0.4) is 0 Å². The van der Waals surface area contributed by atoms with Gasteiger partial charge in [0.25, 0.3) is 0 Å². The van der Waals surface area contributed by atoms with Gasteiger partial charge in [-0.05, 0) is 25.5 Å². The number of ether oxygens (including phenoxy) is 1. The predicted octanol–water partition coefficient (Wildman–Crippen LogP) is 0.829. The first-order valence-electron chi connectivity index (χ1n) is 5.05. The first-order valence-corrected chi connectivity index (χ1v) is 5.05. The summed E-state index contributed by atoms with van der Waals surface area (Å²) in [7, 11) is 0. The molecular formula is C11H14N2O2. The van der Waals surface area contributed by atoms with E-state index in [-0.39, 0.29) is 11.9 Å². The maximum absolute atomic E-state index is 11.5. The zero-order valence-corrected chi connectivity index (χ0v) is 8.64. The molecular weight excluding hydrogens is 192 g/mol. The van der Waals surface area contributed by atoms with E-state index in [1.165, 1.54) is 0 Å². The molecule has 0 aromatic carbocycles. The highest BCUT2D eigenvalue weighted by molar-refractivity contribution is 5.86. The Morgan fingerprint density at radius 1 is 1.73 bits per heavy atom. The van der Waals surface area contributed by atoms with Crippen LogP contribution < -0.4 is 5.73 Å². The SMILES string of the molecule is CCOC(=O)C1(N)CC1c1ccccn1. The van der Waals surface area contributed by atoms with E-state index in [9.17, 15) is 4.79 Å². The lowest BCUT2D eigenvalue weighted by Gasteiger charge is -2.09. The molecule has 1 aliphatic rings. The van der Waals surface area contributed by atoms with Crippen molar-refractivity contribution in [2.24, 2.45) is 5.73 Å². The highest BCUT2D eigenvalue weighted by Crippen LogP contribution is 2.49. The third kappa shape index (κ3) is 1.72. The Balaban J connectivity index is 2.09. The second-order valence-corrected chi connectivity index (χ2v) is 3.77. The van der Waals surface area contributed by atoms with E-state index in [0.717, 1.165) is 5.69 Å². The molecule has 4 nitrogen and oxygen atoms in total. The lowest BCUT2D eigenvalue weighted by molar-refractivity contribution is -0.146. The van der Waals surface area contributed by atoms with Crippen LogP contribution in [0.4, 0.5) is 0 Å². The molecule has 0 aliphatic heterocycles. The number of carbonyl (C=O) groups excluding carboxylic acids is 1. The molecule has 1 aromatic heterocycles. The fourth-order valence-electron chi connectivity index (χ4n) is 1.72. The average Bonchev–Trinajstić information content (AvgIpc) is 2.94. The third-order valence-electron chi connectivity index (χ3n) is 2.70. The molecule has 0 amide bonds. The van der Waals surface area contributed by atoms with Crippen LogP contribution in [0.5, 0.6) is 0 Å². The minimum atomic E-state index is -0.843. The van der Waals surface area contributed by atoms with Gasteiger partial charge in [0.15, 0.2) is 0 Å². The van der Waals surface area contributed by atoms with E-state index < -0.39 is 5.54 Å². The van der Waals surface area contributed by atoms with Crippen molar-refractivity contribution in [3.8, 4) is 0 Å². The van der Waals surface area contributed by atoms with Crippen molar-refractivity contribution in [2.45, 2.75) is 24.8 Å². The highest BCUT2D eigenvalue weighted by Gasteiger charge is 2.59. The summed E-state index contributed by atoms with van der Waals surface area (Å²) in [5.41, 5.74) is 5.96. The molecule has 2 atom stereocenters. The van der Waals surface area contributed by atoms with Crippen LogP contribution in [0.25, 0.3) is 0 Å². The molecule has 1 aliphatic carbocycles. The molecule has 2 rings (SSSR count). The van der Waals surface area contributed by atoms with E-state index >= 15 is 0 Å². The van der Waals surface area contributed by atoms with E-state index in [1.807, 2.05) is 18.2 Å². The van der Waals surface area contributed by atoms with Crippen LogP contribution in [-0.4, -0.2) is 23.1 Å². The zero-order chi connectivity index (χ0) is 10.9. The van der Waals surface area contributed by atoms with Gasteiger partial charge < -0.3 is 10.5 Å². The summed E-state index contributed by atoms with van der Waals surface area (Å²) in [6.45, 7) is 2.14. The number of carbonyl (C=O) groups is 1.